The number of anilines is 3. The van der Waals surface area contributed by atoms with E-state index in [0.717, 1.165) is 81.9 Å². The Morgan fingerprint density at radius 1 is 0.292 bits per heavy atom. The van der Waals surface area contributed by atoms with Crippen LogP contribution in [0.4, 0.5) is 17.1 Å². The van der Waals surface area contributed by atoms with Gasteiger partial charge in [-0.2, -0.15) is 0 Å². The molecule has 0 saturated carbocycles. The van der Waals surface area contributed by atoms with Crippen LogP contribution in [0.1, 0.15) is 55.1 Å². The number of benzene rings is 16. The van der Waals surface area contributed by atoms with Crippen molar-refractivity contribution >= 4 is 165 Å². The Morgan fingerprint density at radius 3 is 1.39 bits per heavy atom. The Hall–Kier alpha value is -13.4. The van der Waals surface area contributed by atoms with Gasteiger partial charge in [-0.05, 0) is 156 Å². The van der Waals surface area contributed by atoms with Gasteiger partial charge in [0.25, 0.3) is 6.71 Å². The number of hydrogen-bond donors (Lipinski definition) is 0. The normalized spacial score (nSPS) is 15.6. The van der Waals surface area contributed by atoms with Gasteiger partial charge in [0.05, 0.1) is 84.3 Å². The molecule has 7 heterocycles. The fourth-order valence-electron chi connectivity index (χ4n) is 17.8. The van der Waals surface area contributed by atoms with E-state index in [2.05, 4.69) is 150 Å². The second-order valence-corrected chi connectivity index (χ2v) is 28.7. The third-order valence-electron chi connectivity index (χ3n) is 22.2. The van der Waals surface area contributed by atoms with Crippen molar-refractivity contribution in [2.45, 2.75) is 26.2 Å². The molecule has 0 fully saturated rings. The molecule has 2 aliphatic heterocycles. The number of para-hydroxylation sites is 6. The summed E-state index contributed by atoms with van der Waals surface area (Å²) in [6.07, 6.45) is 0. The molecule has 0 amide bonds. The molecule has 0 aliphatic carbocycles. The predicted octanol–water partition coefficient (Wildman–Crippen LogP) is 24.5. The Kier molecular flexibility index (Phi) is 8.79. The van der Waals surface area contributed by atoms with Gasteiger partial charge >= 0.3 is 0 Å². The molecule has 106 heavy (non-hydrogen) atoms. The van der Waals surface area contributed by atoms with Crippen molar-refractivity contribution in [3.05, 3.63) is 351 Å². The molecule has 0 saturated heterocycles. The Bertz CT molecular complexity index is 8550. The maximum absolute atomic E-state index is 10.0. The first kappa shape index (κ1) is 42.2. The summed E-state index contributed by atoms with van der Waals surface area (Å²) in [7, 11) is 0. The highest BCUT2D eigenvalue weighted by molar-refractivity contribution is 7.00. The van der Waals surface area contributed by atoms with Crippen LogP contribution in [0.25, 0.3) is 176 Å². The molecular formula is C100H66BN5. The van der Waals surface area contributed by atoms with E-state index in [9.17, 15) is 24.7 Å². The van der Waals surface area contributed by atoms with Crippen LogP contribution in [0.15, 0.2) is 345 Å². The highest BCUT2D eigenvalue weighted by Gasteiger charge is 2.46. The monoisotopic (exact) mass is 1370 g/mol. The first-order valence-electron chi connectivity index (χ1n) is 45.9. The van der Waals surface area contributed by atoms with Crippen LogP contribution in [-0.2, 0) is 5.41 Å². The minimum Gasteiger partial charge on any atom is -0.310 e. The average Bonchev–Trinajstić information content (AvgIpc) is 1.55. The van der Waals surface area contributed by atoms with E-state index in [1.165, 1.54) is 9.13 Å². The standard InChI is InChI=1S/C100H66BN5/c1-100(2,3)65-56-79(62-30-9-5-10-31-62)97(80(57-65)63-32-11-6-12-33-63)106-91-59-67(103-87-47-24-20-41-75(87)76-42-21-25-48-88(76)103)50-52-83(91)101-84-55-64(61-28-7-4-8-29-61)54-82-81-58-66(102-85-45-22-18-39-73(85)74-40-19-23-46-86(74)102)51-53-90(81)105(98(82)84)93-60-92-94(99(106)95(93)101)78-44-27-43-77-71-37-16-14-35-69(71)68-34-13-15-36-70(68)72-38-17-26-49-89(72)104(92)96(77)78/h4-60H,1-3H3/i4D,7D,8D,18D,19D,20D,21D,22D,23D,24D,25D,28D,29D,39D,40D,41D,42D,45D,46D,47D,48D. The zero-order valence-corrected chi connectivity index (χ0v) is 57.1. The van der Waals surface area contributed by atoms with Crippen LogP contribution in [0.3, 0.4) is 0 Å². The maximum atomic E-state index is 10.0. The molecule has 16 aromatic carbocycles. The molecule has 0 unspecified atom stereocenters. The molecule has 0 atom stereocenters. The highest BCUT2D eigenvalue weighted by Crippen LogP contribution is 2.55. The molecule has 5 nitrogen and oxygen atoms in total. The number of rotatable bonds is 6. The topological polar surface area (TPSA) is 22.4 Å². The fraction of sp³-hybridized carbons (Fsp3) is 0.0400. The molecule has 494 valence electrons. The summed E-state index contributed by atoms with van der Waals surface area (Å²) in [5, 5.41) is 7.63. The lowest BCUT2D eigenvalue weighted by atomic mass is 9.33. The van der Waals surface area contributed by atoms with Crippen molar-refractivity contribution in [2.75, 3.05) is 4.90 Å². The lowest BCUT2D eigenvalue weighted by Gasteiger charge is -2.43. The summed E-state index contributed by atoms with van der Waals surface area (Å²) >= 11 is 0. The van der Waals surface area contributed by atoms with Crippen molar-refractivity contribution < 1.29 is 28.8 Å². The summed E-state index contributed by atoms with van der Waals surface area (Å²) < 4.78 is 207. The second kappa shape index (κ2) is 22.1. The molecule has 23 rings (SSSR count). The zero-order chi connectivity index (χ0) is 88.1. The summed E-state index contributed by atoms with van der Waals surface area (Å²) in [6, 6.07) is 61.6. The Labute approximate surface area is 641 Å². The first-order valence-corrected chi connectivity index (χ1v) is 35.4. The summed E-state index contributed by atoms with van der Waals surface area (Å²) in [6.45, 7) is 5.53. The lowest BCUT2D eigenvalue weighted by Crippen LogP contribution is -2.60. The summed E-state index contributed by atoms with van der Waals surface area (Å²) in [4.78, 5) is 2.32. The molecule has 2 aliphatic rings. The molecule has 0 N–H and O–H groups in total. The van der Waals surface area contributed by atoms with E-state index >= 15 is 0 Å². The Morgan fingerprint density at radius 2 is 0.792 bits per heavy atom. The van der Waals surface area contributed by atoms with Gasteiger partial charge < -0.3 is 23.0 Å². The maximum Gasteiger partial charge on any atom is 0.252 e. The van der Waals surface area contributed by atoms with E-state index in [-0.39, 0.29) is 66.1 Å². The van der Waals surface area contributed by atoms with Crippen LogP contribution in [-0.4, -0.2) is 24.8 Å². The average molecular weight is 1370 g/mol. The molecule has 21 aromatic rings. The third-order valence-corrected chi connectivity index (χ3v) is 22.2. The number of aromatic nitrogens is 4. The molecular weight excluding hydrogens is 1280 g/mol. The first-order chi connectivity index (χ1) is 61.0. The van der Waals surface area contributed by atoms with Gasteiger partial charge in [0, 0.05) is 93.3 Å². The third kappa shape index (κ3) is 8.21. The van der Waals surface area contributed by atoms with Crippen molar-refractivity contribution in [1.29, 1.82) is 0 Å². The van der Waals surface area contributed by atoms with Crippen LogP contribution in [0.2, 0.25) is 0 Å². The lowest BCUT2D eigenvalue weighted by molar-refractivity contribution is 0.591. The number of fused-ring (bicyclic) bond motifs is 24. The van der Waals surface area contributed by atoms with Gasteiger partial charge in [-0.25, -0.2) is 0 Å². The van der Waals surface area contributed by atoms with Gasteiger partial charge in [0.2, 0.25) is 0 Å². The molecule has 0 spiro atoms. The van der Waals surface area contributed by atoms with Gasteiger partial charge in [-0.3, -0.25) is 0 Å². The van der Waals surface area contributed by atoms with Crippen molar-refractivity contribution in [3.63, 3.8) is 0 Å². The smallest absolute Gasteiger partial charge is 0.252 e. The minimum atomic E-state index is -0.996. The van der Waals surface area contributed by atoms with Gasteiger partial charge in [-0.1, -0.05) is 281 Å². The number of nitrogens with zero attached hydrogens (tertiary/aromatic N) is 5. The van der Waals surface area contributed by atoms with Crippen LogP contribution >= 0.6 is 0 Å². The second-order valence-electron chi connectivity index (χ2n) is 28.7. The van der Waals surface area contributed by atoms with Crippen molar-refractivity contribution in [2.24, 2.45) is 0 Å². The largest absolute Gasteiger partial charge is 0.310 e. The fourth-order valence-corrected chi connectivity index (χ4v) is 17.8. The molecule has 0 bridgehead atoms. The van der Waals surface area contributed by atoms with Crippen LogP contribution in [0.5, 0.6) is 0 Å². The van der Waals surface area contributed by atoms with E-state index in [1.54, 1.807) is 18.2 Å². The SMILES string of the molecule is [2H]c1c([2H])c([2H])c(-c2cc3c4c(c2)c2cc(-n5c6c([2H])c([2H])c([2H])c([2H])c6c6c([2H])c([2H])c([2H])c([2H])c65)ccc2n4-c2cc4c(c5c2B3c2ccc(-n3c6c([2H])c([2H])c([2H])c([2H])c6c6c([2H])c([2H])c([2H])c([2H])c63)cc2N5c2c(-c3ccccc3)cc(C(C)(C)C)cc2-c2ccccc2)c2cccc3c5ccccc5c5ccccc5c5ccccc5n4c32)c([2H])c1[2H]. The number of hydrogen-bond acceptors (Lipinski definition) is 1. The van der Waals surface area contributed by atoms with Crippen molar-refractivity contribution in [3.8, 4) is 50.4 Å². The quantitative estimate of drug-likeness (QED) is 0.152. The zero-order valence-electron chi connectivity index (χ0n) is 78.1. The summed E-state index contributed by atoms with van der Waals surface area (Å²) in [5.74, 6) is 0. The molecule has 6 heteroatoms. The van der Waals surface area contributed by atoms with E-state index in [0.29, 0.717) is 66.5 Å². The minimum absolute atomic E-state index is 0.112. The molecule has 0 radical (unpaired) electrons. The van der Waals surface area contributed by atoms with Gasteiger partial charge in [0.1, 0.15) is 0 Å². The van der Waals surface area contributed by atoms with E-state index in [4.69, 9.17) is 4.11 Å². The van der Waals surface area contributed by atoms with Crippen LogP contribution < -0.4 is 21.3 Å². The summed E-state index contributed by atoms with van der Waals surface area (Å²) in [5.41, 5.74) is 11.5. The van der Waals surface area contributed by atoms with Gasteiger partial charge in [-0.15, -0.1) is 0 Å². The van der Waals surface area contributed by atoms with Gasteiger partial charge in [0.15, 0.2) is 0 Å². The molecule has 5 aromatic heterocycles. The van der Waals surface area contributed by atoms with E-state index < -0.39 is 139 Å². The van der Waals surface area contributed by atoms with Crippen LogP contribution in [0, 0.1) is 0 Å². The van der Waals surface area contributed by atoms with Crippen molar-refractivity contribution in [1.82, 2.24) is 18.1 Å². The predicted molar refractivity (Wildman–Crippen MR) is 451 cm³/mol. The Balaban J connectivity index is 1.000. The highest BCUT2D eigenvalue weighted by atomic mass is 15.2. The van der Waals surface area contributed by atoms with E-state index in [1.807, 2.05) is 84.9 Å².